The number of nitrogens with zero attached hydrogens (tertiary/aromatic N) is 6. The predicted octanol–water partition coefficient (Wildman–Crippen LogP) is -0.372. The molecule has 0 bridgehead atoms. The molecule has 0 amide bonds. The van der Waals surface area contributed by atoms with Crippen LogP contribution in [0.25, 0.3) is 16.5 Å². The van der Waals surface area contributed by atoms with E-state index < -0.39 is 9.84 Å². The molecule has 0 unspecified atom stereocenters. The van der Waals surface area contributed by atoms with Gasteiger partial charge in [-0.05, 0) is 0 Å². The molecule has 0 aliphatic heterocycles. The van der Waals surface area contributed by atoms with Gasteiger partial charge in [0, 0.05) is 12.5 Å². The van der Waals surface area contributed by atoms with Crippen LogP contribution >= 0.6 is 11.3 Å². The predicted molar refractivity (Wildman–Crippen MR) is 67.2 cm³/mol. The number of thiazole rings is 1. The van der Waals surface area contributed by atoms with E-state index in [-0.39, 0.29) is 16.9 Å². The molecule has 19 heavy (non-hydrogen) atoms. The third kappa shape index (κ3) is 2.02. The van der Waals surface area contributed by atoms with Crippen LogP contribution < -0.4 is 5.73 Å². The second-order valence-corrected chi connectivity index (χ2v) is 6.45. The zero-order valence-electron chi connectivity index (χ0n) is 9.55. The molecular weight excluding hydrogens is 290 g/mol. The fraction of sp³-hybridized carbons (Fsp3) is 0.125. The summed E-state index contributed by atoms with van der Waals surface area (Å²) < 4.78 is 24.0. The molecule has 11 heteroatoms. The van der Waals surface area contributed by atoms with Gasteiger partial charge >= 0.3 is 0 Å². The van der Waals surface area contributed by atoms with E-state index >= 15 is 0 Å². The molecule has 3 heterocycles. The van der Waals surface area contributed by atoms with Crippen LogP contribution in [0.3, 0.4) is 0 Å². The molecule has 0 aliphatic rings. The minimum Gasteiger partial charge on any atom is -0.368 e. The van der Waals surface area contributed by atoms with Crippen LogP contribution in [0.5, 0.6) is 0 Å². The van der Waals surface area contributed by atoms with Gasteiger partial charge in [0.05, 0.1) is 10.4 Å². The molecule has 2 N–H and O–H groups in total. The first-order valence-electron chi connectivity index (χ1n) is 4.94. The SMILES string of the molecule is CS(=O)(=O)c1nc(N)n2nc(-c3cncs3)nc2n1. The fourth-order valence-corrected chi connectivity index (χ4v) is 2.44. The zero-order chi connectivity index (χ0) is 13.6. The van der Waals surface area contributed by atoms with E-state index in [1.54, 1.807) is 11.7 Å². The average molecular weight is 297 g/mol. The Morgan fingerprint density at radius 1 is 1.32 bits per heavy atom. The number of fused-ring (bicyclic) bond motifs is 1. The Kier molecular flexibility index (Phi) is 2.46. The third-order valence-electron chi connectivity index (χ3n) is 2.20. The summed E-state index contributed by atoms with van der Waals surface area (Å²) in [6.07, 6.45) is 2.60. The van der Waals surface area contributed by atoms with E-state index in [0.29, 0.717) is 5.82 Å². The minimum absolute atomic E-state index is 0.0799. The lowest BCUT2D eigenvalue weighted by Crippen LogP contribution is -2.11. The first kappa shape index (κ1) is 11.9. The quantitative estimate of drug-likeness (QED) is 0.678. The highest BCUT2D eigenvalue weighted by Gasteiger charge is 2.17. The van der Waals surface area contributed by atoms with E-state index in [4.69, 9.17) is 5.73 Å². The van der Waals surface area contributed by atoms with Gasteiger partial charge in [-0.25, -0.2) is 8.42 Å². The molecule has 0 spiro atoms. The van der Waals surface area contributed by atoms with Crippen molar-refractivity contribution >= 4 is 32.9 Å². The summed E-state index contributed by atoms with van der Waals surface area (Å²) in [5.41, 5.74) is 7.29. The van der Waals surface area contributed by atoms with Crippen molar-refractivity contribution in [1.82, 2.24) is 29.5 Å². The number of hydrogen-bond acceptors (Lipinski definition) is 9. The highest BCUT2D eigenvalue weighted by Crippen LogP contribution is 2.20. The number of nitrogen functional groups attached to an aromatic ring is 1. The van der Waals surface area contributed by atoms with Crippen LogP contribution in [0.15, 0.2) is 16.9 Å². The smallest absolute Gasteiger partial charge is 0.258 e. The molecule has 9 nitrogen and oxygen atoms in total. The third-order valence-corrected chi connectivity index (χ3v) is 3.81. The fourth-order valence-electron chi connectivity index (χ4n) is 1.38. The molecule has 0 saturated carbocycles. The van der Waals surface area contributed by atoms with Crippen LogP contribution in [-0.2, 0) is 9.84 Å². The molecule has 3 aromatic heterocycles. The van der Waals surface area contributed by atoms with Crippen molar-refractivity contribution in [2.45, 2.75) is 5.16 Å². The highest BCUT2D eigenvalue weighted by molar-refractivity contribution is 7.90. The second-order valence-electron chi connectivity index (χ2n) is 3.65. The molecule has 0 aliphatic carbocycles. The Bertz CT molecular complexity index is 853. The monoisotopic (exact) mass is 297 g/mol. The van der Waals surface area contributed by atoms with Crippen LogP contribution in [-0.4, -0.2) is 44.2 Å². The summed E-state index contributed by atoms with van der Waals surface area (Å²) in [4.78, 5) is 16.3. The number of rotatable bonds is 2. The topological polar surface area (TPSA) is 129 Å². The minimum atomic E-state index is -3.55. The molecule has 0 radical (unpaired) electrons. The molecule has 0 fully saturated rings. The molecule has 3 aromatic rings. The van der Waals surface area contributed by atoms with Crippen LogP contribution in [0, 0.1) is 0 Å². The van der Waals surface area contributed by atoms with Gasteiger partial charge in [0.15, 0.2) is 5.82 Å². The molecular formula is C8H7N7O2S2. The summed E-state index contributed by atoms with van der Waals surface area (Å²) >= 11 is 1.35. The molecule has 0 atom stereocenters. The van der Waals surface area contributed by atoms with Gasteiger partial charge in [0.1, 0.15) is 0 Å². The van der Waals surface area contributed by atoms with E-state index in [9.17, 15) is 8.42 Å². The van der Waals surface area contributed by atoms with Gasteiger partial charge in [-0.3, -0.25) is 4.98 Å². The molecule has 3 rings (SSSR count). The number of nitrogens with two attached hydrogens (primary N) is 1. The largest absolute Gasteiger partial charge is 0.368 e. The molecule has 98 valence electrons. The van der Waals surface area contributed by atoms with Gasteiger partial charge in [0.2, 0.25) is 15.8 Å². The van der Waals surface area contributed by atoms with Gasteiger partial charge < -0.3 is 5.73 Å². The first-order chi connectivity index (χ1) is 8.95. The van der Waals surface area contributed by atoms with E-state index in [2.05, 4.69) is 25.0 Å². The number of anilines is 1. The first-order valence-corrected chi connectivity index (χ1v) is 7.71. The maximum absolute atomic E-state index is 11.4. The number of hydrogen-bond donors (Lipinski definition) is 1. The van der Waals surface area contributed by atoms with Gasteiger partial charge in [-0.1, -0.05) is 0 Å². The maximum atomic E-state index is 11.4. The van der Waals surface area contributed by atoms with Crippen molar-refractivity contribution in [3.05, 3.63) is 11.7 Å². The van der Waals surface area contributed by atoms with Crippen molar-refractivity contribution in [2.75, 3.05) is 12.0 Å². The lowest BCUT2D eigenvalue weighted by Gasteiger charge is -1.99. The van der Waals surface area contributed by atoms with Gasteiger partial charge in [0.25, 0.3) is 10.9 Å². The van der Waals surface area contributed by atoms with E-state index in [0.717, 1.165) is 11.1 Å². The zero-order valence-corrected chi connectivity index (χ0v) is 11.2. The van der Waals surface area contributed by atoms with E-state index in [1.807, 2.05) is 0 Å². The lowest BCUT2D eigenvalue weighted by molar-refractivity contribution is 0.592. The van der Waals surface area contributed by atoms with Crippen molar-refractivity contribution in [3.8, 4) is 10.7 Å². The summed E-state index contributed by atoms with van der Waals surface area (Å²) in [7, 11) is -3.55. The summed E-state index contributed by atoms with van der Waals surface area (Å²) in [5.74, 6) is 0.360. The van der Waals surface area contributed by atoms with Gasteiger partial charge in [-0.15, -0.1) is 16.4 Å². The van der Waals surface area contributed by atoms with Crippen molar-refractivity contribution < 1.29 is 8.42 Å². The normalized spacial score (nSPS) is 12.1. The standard InChI is InChI=1S/C8H7N7O2S2/c1-19(16,17)8-12-6(9)15-7(13-8)11-5(14-15)4-2-10-3-18-4/h2-3H,1H3,(H2,9,11,12,13,14). The van der Waals surface area contributed by atoms with Gasteiger partial charge in [-0.2, -0.15) is 19.5 Å². The Morgan fingerprint density at radius 2 is 2.11 bits per heavy atom. The molecule has 0 saturated heterocycles. The number of aromatic nitrogens is 6. The number of sulfone groups is 1. The van der Waals surface area contributed by atoms with E-state index in [1.165, 1.54) is 15.9 Å². The lowest BCUT2D eigenvalue weighted by atomic mass is 10.5. The van der Waals surface area contributed by atoms with Crippen molar-refractivity contribution in [1.29, 1.82) is 0 Å². The Labute approximate surface area is 111 Å². The van der Waals surface area contributed by atoms with Crippen LogP contribution in [0.2, 0.25) is 0 Å². The highest BCUT2D eigenvalue weighted by atomic mass is 32.2. The maximum Gasteiger partial charge on any atom is 0.258 e. The Hall–Kier alpha value is -2.14. The Morgan fingerprint density at radius 3 is 2.74 bits per heavy atom. The molecule has 0 aromatic carbocycles. The van der Waals surface area contributed by atoms with Crippen LogP contribution in [0.4, 0.5) is 5.95 Å². The second kappa shape index (κ2) is 3.93. The summed E-state index contributed by atoms with van der Waals surface area (Å²) in [5, 5.41) is 3.73. The summed E-state index contributed by atoms with van der Waals surface area (Å²) in [6, 6.07) is 0. The Balaban J connectivity index is 2.26. The van der Waals surface area contributed by atoms with Crippen molar-refractivity contribution in [2.24, 2.45) is 0 Å². The van der Waals surface area contributed by atoms with Crippen LogP contribution in [0.1, 0.15) is 0 Å². The van der Waals surface area contributed by atoms with Crippen molar-refractivity contribution in [3.63, 3.8) is 0 Å². The average Bonchev–Trinajstić information content (AvgIpc) is 2.95. The summed E-state index contributed by atoms with van der Waals surface area (Å²) in [6.45, 7) is 0.